The first kappa shape index (κ1) is 14.6. The lowest BCUT2D eigenvalue weighted by molar-refractivity contribution is 0.243. The number of benzene rings is 2. The summed E-state index contributed by atoms with van der Waals surface area (Å²) in [5, 5.41) is 5.88. The molecule has 1 aliphatic heterocycles. The van der Waals surface area contributed by atoms with E-state index in [0.717, 1.165) is 12.1 Å². The van der Waals surface area contributed by atoms with E-state index in [2.05, 4.69) is 22.8 Å². The number of anilines is 1. The van der Waals surface area contributed by atoms with Crippen LogP contribution in [-0.2, 0) is 11.2 Å². The first-order valence-corrected chi connectivity index (χ1v) is 7.54. The molecule has 1 heterocycles. The van der Waals surface area contributed by atoms with Crippen LogP contribution < -0.4 is 10.6 Å². The third-order valence-electron chi connectivity index (χ3n) is 3.80. The molecule has 0 spiro atoms. The van der Waals surface area contributed by atoms with Crippen LogP contribution >= 0.6 is 0 Å². The molecule has 114 valence electrons. The molecular weight excluding hydrogens is 276 g/mol. The Kier molecular flexibility index (Phi) is 4.39. The van der Waals surface area contributed by atoms with Crippen molar-refractivity contribution in [3.63, 3.8) is 0 Å². The minimum Gasteiger partial charge on any atom is -0.368 e. The van der Waals surface area contributed by atoms with Gasteiger partial charge in [0.1, 0.15) is 6.10 Å². The van der Waals surface area contributed by atoms with Crippen LogP contribution in [0.2, 0.25) is 0 Å². The molecule has 1 saturated heterocycles. The van der Waals surface area contributed by atoms with Gasteiger partial charge in [-0.3, -0.25) is 0 Å². The predicted molar refractivity (Wildman–Crippen MR) is 86.9 cm³/mol. The second-order valence-electron chi connectivity index (χ2n) is 5.57. The van der Waals surface area contributed by atoms with E-state index in [-0.39, 0.29) is 24.3 Å². The average Bonchev–Trinajstić information content (AvgIpc) is 3.25. The van der Waals surface area contributed by atoms with Gasteiger partial charge in [0.25, 0.3) is 0 Å². The lowest BCUT2D eigenvalue weighted by Gasteiger charge is -2.17. The van der Waals surface area contributed by atoms with Gasteiger partial charge in [-0.2, -0.15) is 0 Å². The summed E-state index contributed by atoms with van der Waals surface area (Å²) in [6.45, 7) is 2.03. The van der Waals surface area contributed by atoms with E-state index < -0.39 is 0 Å². The summed E-state index contributed by atoms with van der Waals surface area (Å²) >= 11 is 0. The van der Waals surface area contributed by atoms with Crippen LogP contribution in [0.5, 0.6) is 0 Å². The number of carbonyl (C=O) groups is 1. The Morgan fingerprint density at radius 2 is 1.68 bits per heavy atom. The van der Waals surface area contributed by atoms with E-state index in [1.807, 2.05) is 55.5 Å². The van der Waals surface area contributed by atoms with Gasteiger partial charge in [0.15, 0.2) is 0 Å². The zero-order valence-corrected chi connectivity index (χ0v) is 12.5. The highest BCUT2D eigenvalue weighted by Crippen LogP contribution is 2.26. The first-order chi connectivity index (χ1) is 10.7. The van der Waals surface area contributed by atoms with E-state index in [1.165, 1.54) is 5.56 Å². The minimum absolute atomic E-state index is 0.0267. The van der Waals surface area contributed by atoms with Gasteiger partial charge in [0.05, 0.1) is 12.1 Å². The van der Waals surface area contributed by atoms with Gasteiger partial charge in [0, 0.05) is 5.69 Å². The van der Waals surface area contributed by atoms with Crippen molar-refractivity contribution < 1.29 is 9.53 Å². The fourth-order valence-corrected chi connectivity index (χ4v) is 2.60. The molecule has 0 radical (unpaired) electrons. The maximum Gasteiger partial charge on any atom is 0.319 e. The average molecular weight is 296 g/mol. The van der Waals surface area contributed by atoms with Crippen LogP contribution in [0, 0.1) is 0 Å². The Labute approximate surface area is 130 Å². The Morgan fingerprint density at radius 1 is 1.09 bits per heavy atom. The Hall–Kier alpha value is -2.33. The number of amides is 2. The zero-order chi connectivity index (χ0) is 15.4. The summed E-state index contributed by atoms with van der Waals surface area (Å²) < 4.78 is 5.56. The number of carbonyl (C=O) groups excluding carboxylic acids is 1. The lowest BCUT2D eigenvalue weighted by atomic mass is 10.0. The van der Waals surface area contributed by atoms with Crippen molar-refractivity contribution in [2.45, 2.75) is 31.6 Å². The minimum atomic E-state index is -0.199. The molecule has 4 heteroatoms. The van der Waals surface area contributed by atoms with Crippen molar-refractivity contribution in [1.29, 1.82) is 0 Å². The highest BCUT2D eigenvalue weighted by molar-refractivity contribution is 5.89. The second-order valence-corrected chi connectivity index (χ2v) is 5.57. The molecule has 0 bridgehead atoms. The lowest BCUT2D eigenvalue weighted by Crippen LogP contribution is -2.43. The highest BCUT2D eigenvalue weighted by Gasteiger charge is 2.42. The number of urea groups is 1. The maximum absolute atomic E-state index is 12.2. The summed E-state index contributed by atoms with van der Waals surface area (Å²) in [5.41, 5.74) is 1.97. The zero-order valence-electron chi connectivity index (χ0n) is 12.5. The fourth-order valence-electron chi connectivity index (χ4n) is 2.60. The van der Waals surface area contributed by atoms with Gasteiger partial charge < -0.3 is 15.4 Å². The third kappa shape index (κ3) is 3.86. The summed E-state index contributed by atoms with van der Waals surface area (Å²) in [4.78, 5) is 12.2. The Balaban J connectivity index is 1.62. The number of para-hydroxylation sites is 1. The Morgan fingerprint density at radius 3 is 2.27 bits per heavy atom. The second kappa shape index (κ2) is 6.62. The molecule has 0 saturated carbocycles. The quantitative estimate of drug-likeness (QED) is 0.832. The molecule has 3 atom stereocenters. The molecule has 22 heavy (non-hydrogen) atoms. The van der Waals surface area contributed by atoms with E-state index in [1.54, 1.807) is 0 Å². The van der Waals surface area contributed by atoms with Crippen LogP contribution in [-0.4, -0.2) is 24.3 Å². The fraction of sp³-hybridized carbons (Fsp3) is 0.278. The largest absolute Gasteiger partial charge is 0.368 e. The van der Waals surface area contributed by atoms with E-state index in [4.69, 9.17) is 4.74 Å². The topological polar surface area (TPSA) is 53.7 Å². The first-order valence-electron chi connectivity index (χ1n) is 7.54. The summed E-state index contributed by atoms with van der Waals surface area (Å²) in [6.07, 6.45) is 1.05. The maximum atomic E-state index is 12.2. The number of epoxide rings is 1. The molecule has 3 rings (SSSR count). The highest BCUT2D eigenvalue weighted by atomic mass is 16.6. The molecule has 2 amide bonds. The van der Waals surface area contributed by atoms with E-state index in [0.29, 0.717) is 0 Å². The van der Waals surface area contributed by atoms with Crippen LogP contribution in [0.4, 0.5) is 10.5 Å². The van der Waals surface area contributed by atoms with Crippen LogP contribution in [0.25, 0.3) is 0 Å². The molecule has 2 aromatic rings. The summed E-state index contributed by atoms with van der Waals surface area (Å²) in [5.74, 6) is 0. The van der Waals surface area contributed by atoms with E-state index >= 15 is 0 Å². The Bertz CT molecular complexity index is 615. The number of rotatable bonds is 5. The number of hydrogen-bond acceptors (Lipinski definition) is 2. The molecule has 0 unspecified atom stereocenters. The van der Waals surface area contributed by atoms with Gasteiger partial charge in [-0.1, -0.05) is 48.5 Å². The predicted octanol–water partition coefficient (Wildman–Crippen LogP) is 3.21. The normalized spacial score (nSPS) is 21.0. The van der Waals surface area contributed by atoms with Crippen molar-refractivity contribution in [2.24, 2.45) is 0 Å². The monoisotopic (exact) mass is 296 g/mol. The molecule has 2 N–H and O–H groups in total. The van der Waals surface area contributed by atoms with Crippen molar-refractivity contribution in [3.05, 3.63) is 66.2 Å². The van der Waals surface area contributed by atoms with Crippen LogP contribution in [0.1, 0.15) is 12.5 Å². The summed E-state index contributed by atoms with van der Waals surface area (Å²) in [6, 6.07) is 19.3. The number of ether oxygens (including phenoxy) is 1. The van der Waals surface area contributed by atoms with Gasteiger partial charge in [-0.25, -0.2) is 4.79 Å². The van der Waals surface area contributed by atoms with Gasteiger partial charge in [-0.15, -0.1) is 0 Å². The molecule has 4 nitrogen and oxygen atoms in total. The third-order valence-corrected chi connectivity index (χ3v) is 3.80. The SMILES string of the molecule is C[C@@H]1O[C@H]1[C@@H](Cc1ccccc1)NC(=O)Nc1ccccc1. The van der Waals surface area contributed by atoms with Crippen LogP contribution in [0.15, 0.2) is 60.7 Å². The van der Waals surface area contributed by atoms with Gasteiger partial charge >= 0.3 is 6.03 Å². The molecule has 2 aromatic carbocycles. The van der Waals surface area contributed by atoms with Crippen molar-refractivity contribution in [3.8, 4) is 0 Å². The van der Waals surface area contributed by atoms with Crippen LogP contribution in [0.3, 0.4) is 0 Å². The number of nitrogens with one attached hydrogen (secondary N) is 2. The standard InChI is InChI=1S/C18H20N2O2/c1-13-17(22-13)16(12-14-8-4-2-5-9-14)20-18(21)19-15-10-6-3-7-11-15/h2-11,13,16-17H,12H2,1H3,(H2,19,20,21)/t13-,16+,17+/m0/s1. The molecule has 1 fully saturated rings. The number of hydrogen-bond donors (Lipinski definition) is 2. The van der Waals surface area contributed by atoms with Crippen molar-refractivity contribution in [1.82, 2.24) is 5.32 Å². The van der Waals surface area contributed by atoms with Gasteiger partial charge in [-0.05, 0) is 31.0 Å². The van der Waals surface area contributed by atoms with Crippen molar-refractivity contribution in [2.75, 3.05) is 5.32 Å². The van der Waals surface area contributed by atoms with E-state index in [9.17, 15) is 4.79 Å². The molecule has 1 aliphatic rings. The molecular formula is C18H20N2O2. The smallest absolute Gasteiger partial charge is 0.319 e. The molecule has 0 aliphatic carbocycles. The molecule has 0 aromatic heterocycles. The summed E-state index contributed by atoms with van der Waals surface area (Å²) in [7, 11) is 0. The van der Waals surface area contributed by atoms with Gasteiger partial charge in [0.2, 0.25) is 0 Å². The van der Waals surface area contributed by atoms with Crippen molar-refractivity contribution >= 4 is 11.7 Å².